The number of halogens is 1. The molecule has 3 aromatic rings. The van der Waals surface area contributed by atoms with Crippen LogP contribution in [0.3, 0.4) is 0 Å². The van der Waals surface area contributed by atoms with Crippen LogP contribution in [0.5, 0.6) is 5.75 Å². The average molecular weight is 371 g/mol. The lowest BCUT2D eigenvalue weighted by atomic mass is 10.1. The Morgan fingerprint density at radius 3 is 2.65 bits per heavy atom. The lowest BCUT2D eigenvalue weighted by molar-refractivity contribution is -0.139. The van der Waals surface area contributed by atoms with Crippen molar-refractivity contribution in [1.29, 1.82) is 0 Å². The van der Waals surface area contributed by atoms with Crippen LogP contribution in [-0.2, 0) is 4.79 Å². The van der Waals surface area contributed by atoms with Gasteiger partial charge in [-0.25, -0.2) is 9.48 Å². The van der Waals surface area contributed by atoms with Crippen LogP contribution in [-0.4, -0.2) is 27.5 Å². The van der Waals surface area contributed by atoms with E-state index in [1.54, 1.807) is 54.6 Å². The monoisotopic (exact) mass is 370 g/mol. The number of aromatic amines is 1. The molecule has 0 amide bonds. The number of rotatable bonds is 5. The lowest BCUT2D eigenvalue weighted by Crippen LogP contribution is -2.34. The first-order valence-corrected chi connectivity index (χ1v) is 8.05. The molecule has 3 rings (SSSR count). The van der Waals surface area contributed by atoms with E-state index >= 15 is 0 Å². The average Bonchev–Trinajstić information content (AvgIpc) is 2.89. The second kappa shape index (κ2) is 7.33. The fourth-order valence-corrected chi connectivity index (χ4v) is 2.69. The molecular weight excluding hydrogens is 356 g/mol. The Bertz CT molecular complexity index is 1130. The maximum Gasteiger partial charge on any atom is 0.341 e. The molecule has 26 heavy (non-hydrogen) atoms. The summed E-state index contributed by atoms with van der Waals surface area (Å²) >= 11 is 6.16. The van der Waals surface area contributed by atoms with Crippen LogP contribution in [0.15, 0.2) is 53.3 Å². The topological polar surface area (TPSA) is 84.3 Å². The van der Waals surface area contributed by atoms with Gasteiger partial charge < -0.3 is 9.84 Å². The Morgan fingerprint density at radius 1 is 1.23 bits per heavy atom. The van der Waals surface area contributed by atoms with Crippen LogP contribution in [0.2, 0.25) is 5.02 Å². The van der Waals surface area contributed by atoms with Gasteiger partial charge in [0.05, 0.1) is 21.3 Å². The van der Waals surface area contributed by atoms with Crippen molar-refractivity contribution in [1.82, 2.24) is 9.78 Å². The minimum Gasteiger partial charge on any atom is -0.481 e. The number of carbonyl (C=O) groups is 1. The predicted molar refractivity (Wildman–Crippen MR) is 99.3 cm³/mol. The van der Waals surface area contributed by atoms with Crippen LogP contribution < -0.4 is 20.9 Å². The Hall–Kier alpha value is -3.25. The number of ether oxygens (including phenoxy) is 1. The van der Waals surface area contributed by atoms with Crippen LogP contribution >= 0.6 is 11.6 Å². The van der Waals surface area contributed by atoms with Gasteiger partial charge in [0.2, 0.25) is 0 Å². The first-order valence-electron chi connectivity index (χ1n) is 7.67. The van der Waals surface area contributed by atoms with Crippen molar-refractivity contribution >= 4 is 30.2 Å². The Kier molecular flexibility index (Phi) is 4.95. The second-order valence-corrected chi connectivity index (χ2v) is 5.87. The minimum atomic E-state index is -1.08. The third kappa shape index (κ3) is 3.55. The van der Waals surface area contributed by atoms with E-state index in [0.29, 0.717) is 32.6 Å². The summed E-state index contributed by atoms with van der Waals surface area (Å²) in [5.74, 6) is -0.723. The lowest BCUT2D eigenvalue weighted by Gasteiger charge is -2.06. The van der Waals surface area contributed by atoms with Gasteiger partial charge in [-0.2, -0.15) is 0 Å². The molecule has 1 aromatic heterocycles. The van der Waals surface area contributed by atoms with Crippen molar-refractivity contribution in [3.05, 3.63) is 80.0 Å². The first-order chi connectivity index (χ1) is 12.5. The fraction of sp³-hybridized carbons (Fsp3) is 0.0526. The van der Waals surface area contributed by atoms with Gasteiger partial charge in [0.25, 0.3) is 5.56 Å². The van der Waals surface area contributed by atoms with Gasteiger partial charge in [-0.3, -0.25) is 9.89 Å². The van der Waals surface area contributed by atoms with E-state index in [1.165, 1.54) is 4.68 Å². The van der Waals surface area contributed by atoms with Gasteiger partial charge in [-0.15, -0.1) is 0 Å². The van der Waals surface area contributed by atoms with Gasteiger partial charge in [-0.05, 0) is 24.3 Å². The van der Waals surface area contributed by atoms with Gasteiger partial charge in [0, 0.05) is 5.56 Å². The van der Waals surface area contributed by atoms with Gasteiger partial charge >= 0.3 is 5.97 Å². The summed E-state index contributed by atoms with van der Waals surface area (Å²) < 4.78 is 6.59. The number of hydrogen-bond acceptors (Lipinski definition) is 3. The van der Waals surface area contributed by atoms with Crippen molar-refractivity contribution < 1.29 is 14.6 Å². The molecule has 132 valence electrons. The van der Waals surface area contributed by atoms with Crippen molar-refractivity contribution in [3.63, 3.8) is 0 Å². The molecule has 0 unspecified atom stereocenters. The number of nitrogens with one attached hydrogen (secondary N) is 1. The summed E-state index contributed by atoms with van der Waals surface area (Å²) in [6, 6.07) is 13.8. The van der Waals surface area contributed by atoms with E-state index < -0.39 is 12.6 Å². The van der Waals surface area contributed by atoms with Crippen molar-refractivity contribution in [2.45, 2.75) is 0 Å². The zero-order valence-electron chi connectivity index (χ0n) is 13.6. The molecule has 0 atom stereocenters. The van der Waals surface area contributed by atoms with Crippen molar-refractivity contribution in [2.75, 3.05) is 6.61 Å². The van der Waals surface area contributed by atoms with E-state index in [-0.39, 0.29) is 5.56 Å². The van der Waals surface area contributed by atoms with E-state index in [9.17, 15) is 9.59 Å². The predicted octanol–water partition coefficient (Wildman–Crippen LogP) is 1.52. The first kappa shape index (κ1) is 17.6. The molecule has 1 heterocycles. The molecule has 0 aliphatic carbocycles. The van der Waals surface area contributed by atoms with Gasteiger partial charge in [-0.1, -0.05) is 48.5 Å². The fourth-order valence-electron chi connectivity index (χ4n) is 2.47. The van der Waals surface area contributed by atoms with Crippen LogP contribution in [0.1, 0.15) is 5.56 Å². The highest BCUT2D eigenvalue weighted by Gasteiger charge is 2.09. The summed E-state index contributed by atoms with van der Waals surface area (Å²) in [5, 5.41) is 12.8. The van der Waals surface area contributed by atoms with Crippen molar-refractivity contribution in [2.24, 2.45) is 0 Å². The maximum absolute atomic E-state index is 12.8. The highest BCUT2D eigenvalue weighted by molar-refractivity contribution is 6.32. The van der Waals surface area contributed by atoms with Gasteiger partial charge in [0.1, 0.15) is 5.75 Å². The molecule has 0 radical (unpaired) electrons. The standard InChI is InChI=1S/C19H15ClN2O4/c1-12-14(10-13-6-2-5-9-17(13)26-11-18(23)24)19(25)22(21-12)16-8-4-3-7-15(16)20/h2-10,21H,1,11H2,(H,23,24)/b14-10-. The summed E-state index contributed by atoms with van der Waals surface area (Å²) in [7, 11) is 0. The number of carboxylic acid groups (broad SMARTS) is 1. The SMILES string of the molecule is C=c1[nH]n(-c2ccccc2Cl)c(=O)/c1=C\c1ccccc1OCC(=O)O. The number of carboxylic acids is 1. The van der Waals surface area contributed by atoms with E-state index in [2.05, 4.69) is 11.7 Å². The molecule has 7 heteroatoms. The van der Waals surface area contributed by atoms with E-state index in [4.69, 9.17) is 21.4 Å². The van der Waals surface area contributed by atoms with Crippen LogP contribution in [0.25, 0.3) is 18.3 Å². The Balaban J connectivity index is 2.12. The number of hydrogen-bond donors (Lipinski definition) is 2. The molecule has 6 nitrogen and oxygen atoms in total. The second-order valence-electron chi connectivity index (χ2n) is 5.46. The molecule has 0 aliphatic heterocycles. The smallest absolute Gasteiger partial charge is 0.341 e. The number of aliphatic carboxylic acids is 1. The van der Waals surface area contributed by atoms with E-state index in [0.717, 1.165) is 0 Å². The quantitative estimate of drug-likeness (QED) is 0.713. The molecule has 0 bridgehead atoms. The van der Waals surface area contributed by atoms with Gasteiger partial charge in [0.15, 0.2) is 6.61 Å². The number of benzene rings is 2. The molecule has 2 aromatic carbocycles. The highest BCUT2D eigenvalue weighted by atomic mass is 35.5. The summed E-state index contributed by atoms with van der Waals surface area (Å²) in [4.78, 5) is 23.5. The van der Waals surface area contributed by atoms with E-state index in [1.807, 2.05) is 0 Å². The number of para-hydroxylation sites is 2. The van der Waals surface area contributed by atoms with Crippen LogP contribution in [0, 0.1) is 0 Å². The minimum absolute atomic E-state index is 0.323. The molecule has 0 saturated carbocycles. The summed E-state index contributed by atoms with van der Waals surface area (Å²) in [6.45, 7) is 3.40. The molecule has 2 N–H and O–H groups in total. The number of nitrogens with zero attached hydrogens (tertiary/aromatic N) is 1. The normalized spacial score (nSPS) is 11.5. The summed E-state index contributed by atoms with van der Waals surface area (Å²) in [5.41, 5.74) is 0.760. The molecular formula is C19H15ClN2O4. The van der Waals surface area contributed by atoms with Crippen molar-refractivity contribution in [3.8, 4) is 11.4 Å². The molecule has 0 spiro atoms. The molecule has 0 fully saturated rings. The molecule has 0 aliphatic rings. The Morgan fingerprint density at radius 2 is 1.92 bits per heavy atom. The zero-order valence-corrected chi connectivity index (χ0v) is 14.4. The number of H-pyrrole nitrogens is 1. The largest absolute Gasteiger partial charge is 0.481 e. The third-order valence-electron chi connectivity index (χ3n) is 3.67. The zero-order chi connectivity index (χ0) is 18.7. The maximum atomic E-state index is 12.8. The molecule has 0 saturated heterocycles. The highest BCUT2D eigenvalue weighted by Crippen LogP contribution is 2.18. The third-order valence-corrected chi connectivity index (χ3v) is 3.99. The Labute approximate surface area is 153 Å². The number of aromatic nitrogens is 2. The van der Waals surface area contributed by atoms with Crippen LogP contribution in [0.4, 0.5) is 0 Å². The summed E-state index contributed by atoms with van der Waals surface area (Å²) in [6.07, 6.45) is 1.60.